The molecule has 0 aliphatic heterocycles. The third-order valence-electron chi connectivity index (χ3n) is 2.26. The summed E-state index contributed by atoms with van der Waals surface area (Å²) in [6.07, 6.45) is 0.885. The molecule has 2 heteroatoms. The average Bonchev–Trinajstić information content (AvgIpc) is 2.02. The molecule has 0 saturated heterocycles. The van der Waals surface area contributed by atoms with Gasteiger partial charge >= 0.3 is 5.97 Å². The lowest BCUT2D eigenvalue weighted by atomic mass is 10.1. The zero-order valence-electron chi connectivity index (χ0n) is 8.76. The molecule has 0 amide bonds. The highest BCUT2D eigenvalue weighted by atomic mass is 16.5. The Hall–Kier alpha value is -0.530. The minimum absolute atomic E-state index is 0.0335. The first-order chi connectivity index (χ1) is 5.49. The summed E-state index contributed by atoms with van der Waals surface area (Å²) in [5.74, 6) is 0.364. The van der Waals surface area contributed by atoms with Crippen LogP contribution in [0.3, 0.4) is 0 Å². The van der Waals surface area contributed by atoms with Crippen LogP contribution in [0, 0.1) is 11.8 Å². The Balaban J connectivity index is 3.84. The molecule has 2 unspecified atom stereocenters. The lowest BCUT2D eigenvalue weighted by molar-refractivity contribution is -0.154. The van der Waals surface area contributed by atoms with Crippen molar-refractivity contribution in [1.29, 1.82) is 0 Å². The number of carbonyl (C=O) groups excluding carboxylic acids is 1. The van der Waals surface area contributed by atoms with E-state index in [-0.39, 0.29) is 18.0 Å². The molecule has 0 spiro atoms. The SMILES string of the molecule is CCC(C)C(=O)OC(C)C(C)C. The molecule has 0 aromatic heterocycles. The smallest absolute Gasteiger partial charge is 0.308 e. The van der Waals surface area contributed by atoms with Crippen molar-refractivity contribution in [2.45, 2.75) is 47.1 Å². The molecule has 0 saturated carbocycles. The topological polar surface area (TPSA) is 26.3 Å². The van der Waals surface area contributed by atoms with E-state index in [1.807, 2.05) is 20.8 Å². The van der Waals surface area contributed by atoms with Gasteiger partial charge in [-0.2, -0.15) is 0 Å². The number of ether oxygens (including phenoxy) is 1. The Kier molecular flexibility index (Phi) is 4.95. The van der Waals surface area contributed by atoms with E-state index in [0.717, 1.165) is 6.42 Å². The molecule has 2 atom stereocenters. The molecule has 0 aromatic carbocycles. The number of hydrogen-bond acceptors (Lipinski definition) is 2. The molecular weight excluding hydrogens is 152 g/mol. The summed E-state index contributed by atoms with van der Waals surface area (Å²) >= 11 is 0. The summed E-state index contributed by atoms with van der Waals surface area (Å²) in [5, 5.41) is 0. The molecule has 72 valence electrons. The monoisotopic (exact) mass is 172 g/mol. The van der Waals surface area contributed by atoms with E-state index >= 15 is 0 Å². The standard InChI is InChI=1S/C10H20O2/c1-6-8(4)10(11)12-9(5)7(2)3/h7-9H,6H2,1-5H3. The Morgan fingerprint density at radius 1 is 1.25 bits per heavy atom. The summed E-state index contributed by atoms with van der Waals surface area (Å²) in [5.41, 5.74) is 0. The number of hydrogen-bond donors (Lipinski definition) is 0. The molecular formula is C10H20O2. The second kappa shape index (κ2) is 5.18. The molecule has 0 fully saturated rings. The molecule has 0 rings (SSSR count). The van der Waals surface area contributed by atoms with E-state index in [1.165, 1.54) is 0 Å². The van der Waals surface area contributed by atoms with E-state index < -0.39 is 0 Å². The van der Waals surface area contributed by atoms with Gasteiger partial charge in [0.15, 0.2) is 0 Å². The predicted molar refractivity (Wildman–Crippen MR) is 49.8 cm³/mol. The predicted octanol–water partition coefficient (Wildman–Crippen LogP) is 2.62. The Morgan fingerprint density at radius 2 is 1.75 bits per heavy atom. The van der Waals surface area contributed by atoms with E-state index in [1.54, 1.807) is 0 Å². The van der Waals surface area contributed by atoms with Crippen molar-refractivity contribution < 1.29 is 9.53 Å². The number of esters is 1. The van der Waals surface area contributed by atoms with E-state index in [4.69, 9.17) is 4.74 Å². The fraction of sp³-hybridized carbons (Fsp3) is 0.900. The molecule has 2 nitrogen and oxygen atoms in total. The van der Waals surface area contributed by atoms with Crippen molar-refractivity contribution in [3.8, 4) is 0 Å². The van der Waals surface area contributed by atoms with Crippen LogP contribution in [-0.2, 0) is 9.53 Å². The lowest BCUT2D eigenvalue weighted by Gasteiger charge is -2.18. The fourth-order valence-corrected chi connectivity index (χ4v) is 0.602. The highest BCUT2D eigenvalue weighted by Gasteiger charge is 2.17. The number of carbonyl (C=O) groups is 1. The van der Waals surface area contributed by atoms with Gasteiger partial charge in [0, 0.05) is 0 Å². The van der Waals surface area contributed by atoms with Crippen molar-refractivity contribution in [2.75, 3.05) is 0 Å². The first kappa shape index (κ1) is 11.5. The van der Waals surface area contributed by atoms with Crippen LogP contribution in [-0.4, -0.2) is 12.1 Å². The molecule has 0 heterocycles. The van der Waals surface area contributed by atoms with Gasteiger partial charge in [-0.3, -0.25) is 4.79 Å². The van der Waals surface area contributed by atoms with Crippen LogP contribution in [0.15, 0.2) is 0 Å². The second-order valence-corrected chi connectivity index (χ2v) is 3.70. The highest BCUT2D eigenvalue weighted by molar-refractivity contribution is 5.72. The minimum atomic E-state index is -0.0706. The van der Waals surface area contributed by atoms with Gasteiger partial charge in [-0.05, 0) is 19.3 Å². The zero-order valence-corrected chi connectivity index (χ0v) is 8.76. The minimum Gasteiger partial charge on any atom is -0.462 e. The van der Waals surface area contributed by atoms with E-state index in [9.17, 15) is 4.79 Å². The maximum atomic E-state index is 11.3. The van der Waals surface area contributed by atoms with Crippen LogP contribution in [0.5, 0.6) is 0 Å². The van der Waals surface area contributed by atoms with E-state index in [2.05, 4.69) is 13.8 Å². The van der Waals surface area contributed by atoms with Crippen LogP contribution in [0.1, 0.15) is 41.0 Å². The second-order valence-electron chi connectivity index (χ2n) is 3.70. The third-order valence-corrected chi connectivity index (χ3v) is 2.26. The van der Waals surface area contributed by atoms with Gasteiger partial charge in [-0.1, -0.05) is 27.7 Å². The van der Waals surface area contributed by atoms with Crippen LogP contribution in [0.4, 0.5) is 0 Å². The molecule has 0 aromatic rings. The maximum Gasteiger partial charge on any atom is 0.308 e. The van der Waals surface area contributed by atoms with Gasteiger partial charge in [0.05, 0.1) is 5.92 Å². The zero-order chi connectivity index (χ0) is 9.72. The number of rotatable bonds is 4. The van der Waals surface area contributed by atoms with E-state index in [0.29, 0.717) is 5.92 Å². The normalized spacial score (nSPS) is 15.8. The Labute approximate surface area is 75.3 Å². The molecule has 0 radical (unpaired) electrons. The summed E-state index contributed by atoms with van der Waals surface area (Å²) in [7, 11) is 0. The summed E-state index contributed by atoms with van der Waals surface area (Å²) in [6.45, 7) is 9.93. The Bertz CT molecular complexity index is 141. The Morgan fingerprint density at radius 3 is 2.08 bits per heavy atom. The van der Waals surface area contributed by atoms with Gasteiger partial charge in [0.2, 0.25) is 0 Å². The molecule has 0 aliphatic rings. The lowest BCUT2D eigenvalue weighted by Crippen LogP contribution is -2.24. The molecule has 0 N–H and O–H groups in total. The fourth-order valence-electron chi connectivity index (χ4n) is 0.602. The molecule has 12 heavy (non-hydrogen) atoms. The average molecular weight is 172 g/mol. The first-order valence-corrected chi connectivity index (χ1v) is 4.69. The van der Waals surface area contributed by atoms with Crippen molar-refractivity contribution in [3.63, 3.8) is 0 Å². The van der Waals surface area contributed by atoms with Crippen molar-refractivity contribution in [3.05, 3.63) is 0 Å². The van der Waals surface area contributed by atoms with Crippen LogP contribution in [0.25, 0.3) is 0 Å². The van der Waals surface area contributed by atoms with Crippen molar-refractivity contribution in [2.24, 2.45) is 11.8 Å². The summed E-state index contributed by atoms with van der Waals surface area (Å²) < 4.78 is 5.23. The quantitative estimate of drug-likeness (QED) is 0.609. The van der Waals surface area contributed by atoms with Crippen LogP contribution in [0.2, 0.25) is 0 Å². The third kappa shape index (κ3) is 3.74. The molecule has 0 bridgehead atoms. The largest absolute Gasteiger partial charge is 0.462 e. The van der Waals surface area contributed by atoms with Crippen molar-refractivity contribution in [1.82, 2.24) is 0 Å². The van der Waals surface area contributed by atoms with Crippen LogP contribution >= 0.6 is 0 Å². The van der Waals surface area contributed by atoms with Crippen molar-refractivity contribution >= 4 is 5.97 Å². The van der Waals surface area contributed by atoms with Crippen LogP contribution < -0.4 is 0 Å². The van der Waals surface area contributed by atoms with Gasteiger partial charge in [0.25, 0.3) is 0 Å². The van der Waals surface area contributed by atoms with Gasteiger partial charge in [-0.25, -0.2) is 0 Å². The molecule has 0 aliphatic carbocycles. The first-order valence-electron chi connectivity index (χ1n) is 4.69. The highest BCUT2D eigenvalue weighted by Crippen LogP contribution is 2.10. The summed E-state index contributed by atoms with van der Waals surface area (Å²) in [4.78, 5) is 11.3. The maximum absolute atomic E-state index is 11.3. The summed E-state index contributed by atoms with van der Waals surface area (Å²) in [6, 6.07) is 0. The van der Waals surface area contributed by atoms with Gasteiger partial charge < -0.3 is 4.74 Å². The van der Waals surface area contributed by atoms with Gasteiger partial charge in [0.1, 0.15) is 6.10 Å². The van der Waals surface area contributed by atoms with Gasteiger partial charge in [-0.15, -0.1) is 0 Å².